The Balaban J connectivity index is 3.15. The van der Waals surface area contributed by atoms with Gasteiger partial charge in [-0.05, 0) is 24.5 Å². The predicted molar refractivity (Wildman–Crippen MR) is 80.4 cm³/mol. The fraction of sp³-hybridized carbons (Fsp3) is 0.500. The number of anilines is 1. The summed E-state index contributed by atoms with van der Waals surface area (Å²) >= 11 is 0. The molecule has 0 aliphatic carbocycles. The zero-order valence-electron chi connectivity index (χ0n) is 11.9. The highest BCUT2D eigenvalue weighted by Crippen LogP contribution is 2.28. The van der Waals surface area contributed by atoms with Gasteiger partial charge in [0.05, 0.1) is 9.82 Å². The van der Waals surface area contributed by atoms with Gasteiger partial charge in [-0.15, -0.1) is 0 Å². The molecule has 8 nitrogen and oxygen atoms in total. The second kappa shape index (κ2) is 6.83. The van der Waals surface area contributed by atoms with E-state index in [0.29, 0.717) is 12.5 Å². The fourth-order valence-electron chi connectivity index (χ4n) is 1.96. The molecule has 0 amide bonds. The van der Waals surface area contributed by atoms with E-state index < -0.39 is 14.9 Å². The number of rotatable bonds is 7. The van der Waals surface area contributed by atoms with Crippen molar-refractivity contribution in [2.24, 2.45) is 16.8 Å². The first-order chi connectivity index (χ1) is 9.65. The van der Waals surface area contributed by atoms with Crippen molar-refractivity contribution in [3.05, 3.63) is 28.3 Å². The minimum Gasteiger partial charge on any atom is -0.375 e. The Morgan fingerprint density at radius 1 is 1.38 bits per heavy atom. The van der Waals surface area contributed by atoms with Crippen LogP contribution in [0.5, 0.6) is 0 Å². The summed E-state index contributed by atoms with van der Waals surface area (Å²) in [7, 11) is -3.99. The van der Waals surface area contributed by atoms with Gasteiger partial charge in [0.25, 0.3) is 5.69 Å². The molecule has 0 spiro atoms. The lowest BCUT2D eigenvalue weighted by Crippen LogP contribution is -2.30. The summed E-state index contributed by atoms with van der Waals surface area (Å²) in [6, 6.07) is 3.37. The predicted octanol–water partition coefficient (Wildman–Crippen LogP) is 1.03. The first kappa shape index (κ1) is 17.3. The zero-order chi connectivity index (χ0) is 16.2. The van der Waals surface area contributed by atoms with Crippen molar-refractivity contribution in [1.82, 2.24) is 0 Å². The van der Waals surface area contributed by atoms with Crippen molar-refractivity contribution in [1.29, 1.82) is 0 Å². The van der Waals surface area contributed by atoms with E-state index in [4.69, 9.17) is 10.9 Å². The smallest absolute Gasteiger partial charge is 0.293 e. The molecule has 0 aromatic heterocycles. The van der Waals surface area contributed by atoms with E-state index in [9.17, 15) is 18.5 Å². The molecule has 21 heavy (non-hydrogen) atoms. The Hall–Kier alpha value is -1.71. The van der Waals surface area contributed by atoms with E-state index in [0.717, 1.165) is 12.5 Å². The normalized spacial score (nSPS) is 13.2. The molecule has 0 fully saturated rings. The van der Waals surface area contributed by atoms with E-state index >= 15 is 0 Å². The summed E-state index contributed by atoms with van der Waals surface area (Å²) in [5.74, 6) is 0.369. The van der Waals surface area contributed by atoms with Gasteiger partial charge in [-0.3, -0.25) is 10.1 Å². The number of hydrogen-bond donors (Lipinski definition) is 3. The summed E-state index contributed by atoms with van der Waals surface area (Å²) in [5.41, 5.74) is 5.53. The highest BCUT2D eigenvalue weighted by Gasteiger charge is 2.21. The van der Waals surface area contributed by atoms with Gasteiger partial charge in [-0.2, -0.15) is 0 Å². The molecule has 0 saturated carbocycles. The molecule has 118 valence electrons. The number of nitrogens with two attached hydrogens (primary N) is 2. The molecule has 0 bridgehead atoms. The Morgan fingerprint density at radius 2 is 2.00 bits per heavy atom. The lowest BCUT2D eigenvalue weighted by molar-refractivity contribution is -0.384. The first-order valence-electron chi connectivity index (χ1n) is 6.43. The summed E-state index contributed by atoms with van der Waals surface area (Å²) in [6.45, 7) is 4.35. The van der Waals surface area contributed by atoms with Gasteiger partial charge in [-0.25, -0.2) is 13.6 Å². The maximum absolute atomic E-state index is 11.3. The topological polar surface area (TPSA) is 141 Å². The number of primary sulfonamides is 1. The molecule has 0 saturated heterocycles. The van der Waals surface area contributed by atoms with E-state index in [2.05, 4.69) is 5.32 Å². The van der Waals surface area contributed by atoms with Crippen molar-refractivity contribution in [3.8, 4) is 0 Å². The van der Waals surface area contributed by atoms with Crippen LogP contribution in [0.3, 0.4) is 0 Å². The third kappa shape index (κ3) is 4.96. The number of nitrogens with one attached hydrogen (secondary N) is 1. The molecule has 1 rings (SSSR count). The average Bonchev–Trinajstić information content (AvgIpc) is 2.36. The largest absolute Gasteiger partial charge is 0.375 e. The summed E-state index contributed by atoms with van der Waals surface area (Å²) in [5, 5.41) is 19.1. The maximum atomic E-state index is 11.3. The van der Waals surface area contributed by atoms with Crippen LogP contribution in [0, 0.1) is 16.0 Å². The van der Waals surface area contributed by atoms with Gasteiger partial charge in [0.2, 0.25) is 10.0 Å². The molecule has 0 aliphatic rings. The Labute approximate surface area is 123 Å². The van der Waals surface area contributed by atoms with Gasteiger partial charge >= 0.3 is 0 Å². The van der Waals surface area contributed by atoms with Crippen molar-refractivity contribution >= 4 is 21.4 Å². The van der Waals surface area contributed by atoms with Crippen LogP contribution in [0.4, 0.5) is 11.4 Å². The SMILES string of the molecule is CC(C)CC(CN)Nc1ccc(S(N)(=O)=O)cc1[N+](=O)[O-]. The molecule has 1 aromatic rings. The van der Waals surface area contributed by atoms with Gasteiger partial charge in [0.1, 0.15) is 5.69 Å². The van der Waals surface area contributed by atoms with Crippen LogP contribution in [0.2, 0.25) is 0 Å². The maximum Gasteiger partial charge on any atom is 0.293 e. The van der Waals surface area contributed by atoms with Crippen molar-refractivity contribution in [2.45, 2.75) is 31.2 Å². The quantitative estimate of drug-likeness (QED) is 0.506. The first-order valence-corrected chi connectivity index (χ1v) is 7.97. The van der Waals surface area contributed by atoms with Crippen LogP contribution in [0.15, 0.2) is 23.1 Å². The minimum absolute atomic E-state index is 0.135. The van der Waals surface area contributed by atoms with Gasteiger partial charge in [0.15, 0.2) is 0 Å². The van der Waals surface area contributed by atoms with Crippen LogP contribution in [-0.2, 0) is 10.0 Å². The molecule has 0 heterocycles. The molecule has 1 aromatic carbocycles. The number of sulfonamides is 1. The zero-order valence-corrected chi connectivity index (χ0v) is 12.8. The number of nitro benzene ring substituents is 1. The molecule has 0 aliphatic heterocycles. The Morgan fingerprint density at radius 3 is 2.43 bits per heavy atom. The highest BCUT2D eigenvalue weighted by molar-refractivity contribution is 7.89. The number of hydrogen-bond acceptors (Lipinski definition) is 6. The Bertz CT molecular complexity index is 616. The minimum atomic E-state index is -3.99. The molecule has 1 atom stereocenters. The summed E-state index contributed by atoms with van der Waals surface area (Å²) in [4.78, 5) is 10.1. The van der Waals surface area contributed by atoms with E-state index in [1.165, 1.54) is 12.1 Å². The summed E-state index contributed by atoms with van der Waals surface area (Å²) < 4.78 is 22.5. The third-order valence-corrected chi connectivity index (χ3v) is 3.81. The molecular formula is C12H20N4O4S. The van der Waals surface area contributed by atoms with Gasteiger partial charge in [0, 0.05) is 18.7 Å². The average molecular weight is 316 g/mol. The van der Waals surface area contributed by atoms with Gasteiger partial charge in [-0.1, -0.05) is 13.8 Å². The second-order valence-corrected chi connectivity index (χ2v) is 6.75. The van der Waals surface area contributed by atoms with E-state index in [-0.39, 0.29) is 22.3 Å². The second-order valence-electron chi connectivity index (χ2n) is 5.19. The Kier molecular flexibility index (Phi) is 5.64. The van der Waals surface area contributed by atoms with Crippen LogP contribution < -0.4 is 16.2 Å². The third-order valence-electron chi connectivity index (χ3n) is 2.89. The molecule has 5 N–H and O–H groups in total. The van der Waals surface area contributed by atoms with Crippen molar-refractivity contribution in [2.75, 3.05) is 11.9 Å². The van der Waals surface area contributed by atoms with Crippen LogP contribution in [-0.4, -0.2) is 25.9 Å². The van der Waals surface area contributed by atoms with Crippen LogP contribution in [0.1, 0.15) is 20.3 Å². The number of nitrogens with zero attached hydrogens (tertiary/aromatic N) is 1. The molecule has 9 heteroatoms. The van der Waals surface area contributed by atoms with Crippen molar-refractivity contribution in [3.63, 3.8) is 0 Å². The van der Waals surface area contributed by atoms with Gasteiger partial charge < -0.3 is 11.1 Å². The van der Waals surface area contributed by atoms with E-state index in [1.807, 2.05) is 13.8 Å². The molecule has 0 radical (unpaired) electrons. The monoisotopic (exact) mass is 316 g/mol. The number of benzene rings is 1. The fourth-order valence-corrected chi connectivity index (χ4v) is 2.50. The van der Waals surface area contributed by atoms with Crippen LogP contribution in [0.25, 0.3) is 0 Å². The van der Waals surface area contributed by atoms with Crippen molar-refractivity contribution < 1.29 is 13.3 Å². The lowest BCUT2D eigenvalue weighted by Gasteiger charge is -2.20. The highest BCUT2D eigenvalue weighted by atomic mass is 32.2. The summed E-state index contributed by atoms with van der Waals surface area (Å²) in [6.07, 6.45) is 0.741. The molecule has 1 unspecified atom stereocenters. The van der Waals surface area contributed by atoms with Crippen LogP contribution >= 0.6 is 0 Å². The number of nitro groups is 1. The molecular weight excluding hydrogens is 296 g/mol. The lowest BCUT2D eigenvalue weighted by atomic mass is 10.0. The standard InChI is InChI=1S/C12H20N4O4S/c1-8(2)5-9(7-13)15-11-4-3-10(21(14,19)20)6-12(11)16(17)18/h3-4,6,8-9,15H,5,7,13H2,1-2H3,(H2,14,19,20). The van der Waals surface area contributed by atoms with E-state index in [1.54, 1.807) is 0 Å².